The maximum absolute atomic E-state index is 12.0. The first-order valence-corrected chi connectivity index (χ1v) is 4.90. The molecule has 0 aliphatic heterocycles. The van der Waals surface area contributed by atoms with Crippen LogP contribution in [-0.2, 0) is 0 Å². The Labute approximate surface area is 95.4 Å². The largest absolute Gasteiger partial charge is 0.435 e. The predicted octanol–water partition coefficient (Wildman–Crippen LogP) is 2.08. The minimum atomic E-state index is -2.88. The lowest BCUT2D eigenvalue weighted by atomic mass is 10.3. The summed E-state index contributed by atoms with van der Waals surface area (Å²) >= 11 is 0. The molecule has 2 aromatic rings. The lowest BCUT2D eigenvalue weighted by Gasteiger charge is -2.06. The van der Waals surface area contributed by atoms with E-state index in [4.69, 9.17) is 0 Å². The summed E-state index contributed by atoms with van der Waals surface area (Å²) in [5.74, 6) is 0.0108. The molecule has 6 heteroatoms. The van der Waals surface area contributed by atoms with E-state index in [1.54, 1.807) is 13.0 Å². The van der Waals surface area contributed by atoms with Gasteiger partial charge in [0.15, 0.2) is 0 Å². The number of rotatable bonds is 3. The number of halogens is 2. The van der Waals surface area contributed by atoms with Crippen LogP contribution in [0.1, 0.15) is 5.69 Å². The van der Waals surface area contributed by atoms with Gasteiger partial charge in [0.1, 0.15) is 5.75 Å². The second-order valence-electron chi connectivity index (χ2n) is 3.49. The van der Waals surface area contributed by atoms with Crippen LogP contribution in [0.25, 0.3) is 5.69 Å². The third-order valence-electron chi connectivity index (χ3n) is 2.15. The zero-order valence-electron chi connectivity index (χ0n) is 8.98. The van der Waals surface area contributed by atoms with E-state index in [1.807, 2.05) is 0 Å². The zero-order chi connectivity index (χ0) is 12.4. The fraction of sp³-hybridized carbons (Fsp3) is 0.182. The van der Waals surface area contributed by atoms with Gasteiger partial charge in [-0.2, -0.15) is 8.78 Å². The smallest absolute Gasteiger partial charge is 0.387 e. The van der Waals surface area contributed by atoms with Crippen molar-refractivity contribution in [2.75, 3.05) is 0 Å². The molecule has 1 N–H and O–H groups in total. The van der Waals surface area contributed by atoms with E-state index >= 15 is 0 Å². The Bertz CT molecular complexity index is 575. The number of hydrogen-bond acceptors (Lipinski definition) is 2. The van der Waals surface area contributed by atoms with Gasteiger partial charge in [0, 0.05) is 17.8 Å². The highest BCUT2D eigenvalue weighted by atomic mass is 19.3. The number of ether oxygens (including phenoxy) is 1. The van der Waals surface area contributed by atoms with Gasteiger partial charge >= 0.3 is 6.61 Å². The number of aromatic amines is 1. The first kappa shape index (κ1) is 11.4. The topological polar surface area (TPSA) is 47.0 Å². The molecular formula is C11H10F2N2O2. The van der Waals surface area contributed by atoms with E-state index in [1.165, 1.54) is 28.9 Å². The molecule has 0 aliphatic rings. The molecule has 4 nitrogen and oxygen atoms in total. The van der Waals surface area contributed by atoms with Crippen molar-refractivity contribution >= 4 is 0 Å². The summed E-state index contributed by atoms with van der Waals surface area (Å²) in [7, 11) is 0. The van der Waals surface area contributed by atoms with Crippen molar-refractivity contribution in [3.63, 3.8) is 0 Å². The molecule has 1 aromatic heterocycles. The summed E-state index contributed by atoms with van der Waals surface area (Å²) in [5.41, 5.74) is 0.883. The SMILES string of the molecule is Cc1cc(=O)n(-c2cccc(OC(F)F)c2)[nH]1. The molecule has 0 fully saturated rings. The molecule has 0 unspecified atom stereocenters. The Kier molecular flexibility index (Phi) is 2.95. The Morgan fingerprint density at radius 1 is 1.35 bits per heavy atom. The van der Waals surface area contributed by atoms with E-state index in [-0.39, 0.29) is 11.3 Å². The molecule has 0 bridgehead atoms. The molecular weight excluding hydrogens is 230 g/mol. The predicted molar refractivity (Wildman–Crippen MR) is 57.8 cm³/mol. The fourth-order valence-electron chi connectivity index (χ4n) is 1.50. The van der Waals surface area contributed by atoms with Gasteiger partial charge in [-0.3, -0.25) is 9.89 Å². The van der Waals surface area contributed by atoms with E-state index in [2.05, 4.69) is 9.84 Å². The van der Waals surface area contributed by atoms with Gasteiger partial charge < -0.3 is 4.74 Å². The minimum Gasteiger partial charge on any atom is -0.435 e. The summed E-state index contributed by atoms with van der Waals surface area (Å²) in [6.45, 7) is -1.15. The quantitative estimate of drug-likeness (QED) is 0.892. The van der Waals surface area contributed by atoms with Crippen molar-refractivity contribution in [1.29, 1.82) is 0 Å². The molecule has 0 saturated carbocycles. The lowest BCUT2D eigenvalue weighted by molar-refractivity contribution is -0.0498. The maximum Gasteiger partial charge on any atom is 0.387 e. The second-order valence-corrected chi connectivity index (χ2v) is 3.49. The third-order valence-corrected chi connectivity index (χ3v) is 2.15. The maximum atomic E-state index is 12.0. The standard InChI is InChI=1S/C11H10F2N2O2/c1-7-5-10(16)15(14-7)8-3-2-4-9(6-8)17-11(12)13/h2-6,11,14H,1H3. The summed E-state index contributed by atoms with van der Waals surface area (Å²) in [5, 5.41) is 2.80. The van der Waals surface area contributed by atoms with Crippen LogP contribution in [0.15, 0.2) is 35.1 Å². The molecule has 0 amide bonds. The third kappa shape index (κ3) is 2.52. The van der Waals surface area contributed by atoms with Crippen LogP contribution in [0.5, 0.6) is 5.75 Å². The van der Waals surface area contributed by atoms with Gasteiger partial charge in [-0.05, 0) is 19.1 Å². The number of benzene rings is 1. The zero-order valence-corrected chi connectivity index (χ0v) is 8.98. The molecule has 0 atom stereocenters. The Morgan fingerprint density at radius 2 is 2.12 bits per heavy atom. The Morgan fingerprint density at radius 3 is 2.71 bits per heavy atom. The molecule has 0 radical (unpaired) electrons. The van der Waals surface area contributed by atoms with Gasteiger partial charge in [-0.25, -0.2) is 4.68 Å². The van der Waals surface area contributed by atoms with Gasteiger partial charge in [-0.15, -0.1) is 0 Å². The molecule has 2 rings (SSSR count). The highest BCUT2D eigenvalue weighted by Gasteiger charge is 2.07. The lowest BCUT2D eigenvalue weighted by Crippen LogP contribution is -2.13. The van der Waals surface area contributed by atoms with Crippen molar-refractivity contribution in [3.8, 4) is 11.4 Å². The number of H-pyrrole nitrogens is 1. The van der Waals surface area contributed by atoms with Crippen LogP contribution >= 0.6 is 0 Å². The van der Waals surface area contributed by atoms with Crippen LogP contribution in [0.2, 0.25) is 0 Å². The number of hydrogen-bond donors (Lipinski definition) is 1. The highest BCUT2D eigenvalue weighted by molar-refractivity contribution is 5.38. The van der Waals surface area contributed by atoms with Crippen molar-refractivity contribution < 1.29 is 13.5 Å². The van der Waals surface area contributed by atoms with Gasteiger partial charge in [0.2, 0.25) is 0 Å². The minimum absolute atomic E-state index is 0.0108. The van der Waals surface area contributed by atoms with E-state index < -0.39 is 6.61 Å². The van der Waals surface area contributed by atoms with Crippen molar-refractivity contribution in [3.05, 3.63) is 46.4 Å². The fourth-order valence-corrected chi connectivity index (χ4v) is 1.50. The second kappa shape index (κ2) is 4.40. The average Bonchev–Trinajstić information content (AvgIpc) is 2.57. The van der Waals surface area contributed by atoms with E-state index in [0.29, 0.717) is 11.4 Å². The molecule has 0 aliphatic carbocycles. The molecule has 90 valence electrons. The van der Waals surface area contributed by atoms with Crippen LogP contribution < -0.4 is 10.3 Å². The summed E-state index contributed by atoms with van der Waals surface area (Å²) in [6.07, 6.45) is 0. The first-order valence-electron chi connectivity index (χ1n) is 4.90. The van der Waals surface area contributed by atoms with Crippen LogP contribution in [-0.4, -0.2) is 16.4 Å². The molecule has 1 aromatic carbocycles. The summed E-state index contributed by atoms with van der Waals surface area (Å²) in [4.78, 5) is 11.5. The number of aryl methyl sites for hydroxylation is 1. The van der Waals surface area contributed by atoms with Crippen molar-refractivity contribution in [2.45, 2.75) is 13.5 Å². The number of nitrogens with one attached hydrogen (secondary N) is 1. The number of aromatic nitrogens is 2. The summed E-state index contributed by atoms with van der Waals surface area (Å²) < 4.78 is 29.6. The Hall–Kier alpha value is -2.11. The number of nitrogens with zero attached hydrogens (tertiary/aromatic N) is 1. The van der Waals surface area contributed by atoms with Crippen LogP contribution in [0, 0.1) is 6.92 Å². The molecule has 1 heterocycles. The Balaban J connectivity index is 2.39. The monoisotopic (exact) mass is 240 g/mol. The van der Waals surface area contributed by atoms with E-state index in [9.17, 15) is 13.6 Å². The van der Waals surface area contributed by atoms with Crippen LogP contribution in [0.4, 0.5) is 8.78 Å². The van der Waals surface area contributed by atoms with Crippen LogP contribution in [0.3, 0.4) is 0 Å². The molecule has 0 saturated heterocycles. The highest BCUT2D eigenvalue weighted by Crippen LogP contribution is 2.17. The molecule has 17 heavy (non-hydrogen) atoms. The normalized spacial score (nSPS) is 10.8. The van der Waals surface area contributed by atoms with E-state index in [0.717, 1.165) is 0 Å². The van der Waals surface area contributed by atoms with Gasteiger partial charge in [0.25, 0.3) is 5.56 Å². The summed E-state index contributed by atoms with van der Waals surface area (Å²) in [6, 6.07) is 7.34. The number of alkyl halides is 2. The van der Waals surface area contributed by atoms with Crippen molar-refractivity contribution in [2.24, 2.45) is 0 Å². The van der Waals surface area contributed by atoms with Crippen molar-refractivity contribution in [1.82, 2.24) is 9.78 Å². The van der Waals surface area contributed by atoms with Gasteiger partial charge in [0.05, 0.1) is 5.69 Å². The molecule has 0 spiro atoms. The first-order chi connectivity index (χ1) is 8.06. The average molecular weight is 240 g/mol. The van der Waals surface area contributed by atoms with Gasteiger partial charge in [-0.1, -0.05) is 6.07 Å².